The Morgan fingerprint density at radius 3 is 2.71 bits per heavy atom. The highest BCUT2D eigenvalue weighted by Gasteiger charge is 2.08. The van der Waals surface area contributed by atoms with Crippen molar-refractivity contribution >= 4 is 5.69 Å². The van der Waals surface area contributed by atoms with E-state index in [0.717, 1.165) is 4.57 Å². The summed E-state index contributed by atoms with van der Waals surface area (Å²) in [5, 5.41) is 3.00. The lowest BCUT2D eigenvalue weighted by Gasteiger charge is -2.10. The van der Waals surface area contributed by atoms with E-state index in [9.17, 15) is 14.0 Å². The maximum absolute atomic E-state index is 14.2. The van der Waals surface area contributed by atoms with Crippen LogP contribution in [0.2, 0.25) is 0 Å². The molecule has 7 nitrogen and oxygen atoms in total. The molecule has 0 spiro atoms. The summed E-state index contributed by atoms with van der Waals surface area (Å²) < 4.78 is 18.1. The van der Waals surface area contributed by atoms with Crippen molar-refractivity contribution in [1.82, 2.24) is 18.7 Å². The SMILES string of the molecule is Cn1cc(CNc2ccc(-n3ccnc3)c(F)c2)c(=O)n(C)c1=O. The number of halogens is 1. The number of aromatic nitrogens is 4. The van der Waals surface area contributed by atoms with Crippen LogP contribution in [0.15, 0.2) is 52.7 Å². The summed E-state index contributed by atoms with van der Waals surface area (Å²) in [6.07, 6.45) is 6.22. The van der Waals surface area contributed by atoms with Gasteiger partial charge in [-0.05, 0) is 18.2 Å². The van der Waals surface area contributed by atoms with Crippen LogP contribution in [0.25, 0.3) is 5.69 Å². The maximum Gasteiger partial charge on any atom is 0.330 e. The number of hydrogen-bond donors (Lipinski definition) is 1. The van der Waals surface area contributed by atoms with Crippen LogP contribution in [-0.4, -0.2) is 18.7 Å². The minimum atomic E-state index is -0.411. The molecule has 3 aromatic rings. The summed E-state index contributed by atoms with van der Waals surface area (Å²) in [4.78, 5) is 27.6. The Balaban J connectivity index is 1.82. The van der Waals surface area contributed by atoms with Crippen molar-refractivity contribution < 1.29 is 4.39 Å². The molecule has 0 aliphatic heterocycles. The van der Waals surface area contributed by atoms with Crippen LogP contribution < -0.4 is 16.6 Å². The van der Waals surface area contributed by atoms with Crippen LogP contribution in [0.1, 0.15) is 5.56 Å². The average molecular weight is 329 g/mol. The number of nitrogens with one attached hydrogen (secondary N) is 1. The minimum Gasteiger partial charge on any atom is -0.381 e. The van der Waals surface area contributed by atoms with Gasteiger partial charge in [0.15, 0.2) is 0 Å². The molecule has 0 aliphatic carbocycles. The van der Waals surface area contributed by atoms with Crippen LogP contribution in [0.3, 0.4) is 0 Å². The molecule has 124 valence electrons. The fourth-order valence-electron chi connectivity index (χ4n) is 2.43. The van der Waals surface area contributed by atoms with Crippen LogP contribution in [0.4, 0.5) is 10.1 Å². The first-order valence-electron chi connectivity index (χ1n) is 7.24. The summed E-state index contributed by atoms with van der Waals surface area (Å²) in [6, 6.07) is 4.69. The topological polar surface area (TPSA) is 73.8 Å². The summed E-state index contributed by atoms with van der Waals surface area (Å²) >= 11 is 0. The second kappa shape index (κ2) is 6.15. The van der Waals surface area contributed by atoms with Gasteiger partial charge in [-0.2, -0.15) is 0 Å². The largest absolute Gasteiger partial charge is 0.381 e. The highest BCUT2D eigenvalue weighted by Crippen LogP contribution is 2.18. The molecular weight excluding hydrogens is 313 g/mol. The predicted octanol–water partition coefficient (Wildman–Crippen LogP) is 1.02. The quantitative estimate of drug-likeness (QED) is 0.776. The Bertz CT molecular complexity index is 989. The van der Waals surface area contributed by atoms with E-state index in [0.29, 0.717) is 16.9 Å². The zero-order valence-corrected chi connectivity index (χ0v) is 13.2. The third-order valence-corrected chi connectivity index (χ3v) is 3.73. The monoisotopic (exact) mass is 329 g/mol. The Labute approximate surface area is 136 Å². The van der Waals surface area contributed by atoms with Crippen molar-refractivity contribution in [3.8, 4) is 5.69 Å². The number of nitrogens with zero attached hydrogens (tertiary/aromatic N) is 4. The number of aryl methyl sites for hydroxylation is 1. The standard InChI is InChI=1S/C16H16FN5O2/c1-20-9-11(15(23)21(2)16(20)24)8-19-12-3-4-14(13(17)7-12)22-6-5-18-10-22/h3-7,9-10,19H,8H2,1-2H3. The van der Waals surface area contributed by atoms with Crippen molar-refractivity contribution in [3.05, 3.63) is 75.3 Å². The number of benzene rings is 1. The van der Waals surface area contributed by atoms with Crippen molar-refractivity contribution in [2.24, 2.45) is 14.1 Å². The smallest absolute Gasteiger partial charge is 0.330 e. The zero-order valence-electron chi connectivity index (χ0n) is 13.2. The van der Waals surface area contributed by atoms with E-state index in [-0.39, 0.29) is 17.8 Å². The molecule has 24 heavy (non-hydrogen) atoms. The Hall–Kier alpha value is -3.16. The van der Waals surface area contributed by atoms with Gasteiger partial charge in [0.25, 0.3) is 5.56 Å². The molecule has 0 bridgehead atoms. The third-order valence-electron chi connectivity index (χ3n) is 3.73. The van der Waals surface area contributed by atoms with Gasteiger partial charge in [-0.15, -0.1) is 0 Å². The molecule has 2 heterocycles. The van der Waals surface area contributed by atoms with Gasteiger partial charge >= 0.3 is 5.69 Å². The van der Waals surface area contributed by atoms with Crippen molar-refractivity contribution in [3.63, 3.8) is 0 Å². The molecule has 2 aromatic heterocycles. The Kier molecular flexibility index (Phi) is 4.03. The normalized spacial score (nSPS) is 10.8. The molecule has 0 saturated carbocycles. The van der Waals surface area contributed by atoms with Gasteiger partial charge in [-0.1, -0.05) is 0 Å². The fraction of sp³-hybridized carbons (Fsp3) is 0.188. The van der Waals surface area contributed by atoms with Gasteiger partial charge in [0.05, 0.1) is 17.6 Å². The number of hydrogen-bond acceptors (Lipinski definition) is 4. The number of imidazole rings is 1. The summed E-state index contributed by atoms with van der Waals surface area (Å²) in [6.45, 7) is 0.185. The fourth-order valence-corrected chi connectivity index (χ4v) is 2.43. The van der Waals surface area contributed by atoms with Crippen molar-refractivity contribution in [2.45, 2.75) is 6.54 Å². The van der Waals surface area contributed by atoms with Gasteiger partial charge in [0, 0.05) is 44.9 Å². The summed E-state index contributed by atoms with van der Waals surface area (Å²) in [5.41, 5.74) is 0.572. The first-order chi connectivity index (χ1) is 11.5. The first kappa shape index (κ1) is 15.7. The van der Waals surface area contributed by atoms with Gasteiger partial charge in [-0.3, -0.25) is 9.36 Å². The van der Waals surface area contributed by atoms with Gasteiger partial charge in [0.2, 0.25) is 0 Å². The molecule has 0 unspecified atom stereocenters. The third kappa shape index (κ3) is 2.85. The minimum absolute atomic E-state index is 0.185. The lowest BCUT2D eigenvalue weighted by Crippen LogP contribution is -2.38. The van der Waals surface area contributed by atoms with Gasteiger partial charge in [-0.25, -0.2) is 14.2 Å². The van der Waals surface area contributed by atoms with Crippen LogP contribution in [-0.2, 0) is 20.6 Å². The van der Waals surface area contributed by atoms with E-state index in [1.807, 2.05) is 0 Å². The lowest BCUT2D eigenvalue weighted by molar-refractivity contribution is 0.618. The van der Waals surface area contributed by atoms with E-state index >= 15 is 0 Å². The number of rotatable bonds is 4. The molecule has 0 saturated heterocycles. The van der Waals surface area contributed by atoms with E-state index in [2.05, 4.69) is 10.3 Å². The lowest BCUT2D eigenvalue weighted by atomic mass is 10.2. The average Bonchev–Trinajstić information content (AvgIpc) is 3.09. The van der Waals surface area contributed by atoms with E-state index in [1.54, 1.807) is 36.1 Å². The molecular formula is C16H16FN5O2. The molecule has 0 aliphatic rings. The molecule has 0 amide bonds. The maximum atomic E-state index is 14.2. The van der Waals surface area contributed by atoms with Gasteiger partial charge in [0.1, 0.15) is 5.82 Å². The van der Waals surface area contributed by atoms with E-state index in [4.69, 9.17) is 0 Å². The van der Waals surface area contributed by atoms with Crippen LogP contribution in [0.5, 0.6) is 0 Å². The highest BCUT2D eigenvalue weighted by atomic mass is 19.1. The second-order valence-electron chi connectivity index (χ2n) is 5.40. The molecule has 3 rings (SSSR count). The Morgan fingerprint density at radius 1 is 1.25 bits per heavy atom. The van der Waals surface area contributed by atoms with E-state index < -0.39 is 5.82 Å². The second-order valence-corrected chi connectivity index (χ2v) is 5.40. The van der Waals surface area contributed by atoms with Crippen molar-refractivity contribution in [1.29, 1.82) is 0 Å². The van der Waals surface area contributed by atoms with Crippen LogP contribution in [0, 0.1) is 5.82 Å². The zero-order chi connectivity index (χ0) is 17.3. The van der Waals surface area contributed by atoms with Gasteiger partial charge < -0.3 is 14.5 Å². The predicted molar refractivity (Wildman–Crippen MR) is 87.8 cm³/mol. The Morgan fingerprint density at radius 2 is 2.04 bits per heavy atom. The highest BCUT2D eigenvalue weighted by molar-refractivity contribution is 5.50. The first-order valence-corrected chi connectivity index (χ1v) is 7.24. The molecule has 0 radical (unpaired) electrons. The number of anilines is 1. The molecule has 8 heteroatoms. The van der Waals surface area contributed by atoms with Crippen LogP contribution >= 0.6 is 0 Å². The summed E-state index contributed by atoms with van der Waals surface area (Å²) in [5.74, 6) is -0.411. The molecule has 0 fully saturated rings. The van der Waals surface area contributed by atoms with Crippen molar-refractivity contribution in [2.75, 3.05) is 5.32 Å². The van der Waals surface area contributed by atoms with E-state index in [1.165, 1.54) is 30.2 Å². The molecule has 1 N–H and O–H groups in total. The summed E-state index contributed by atoms with van der Waals surface area (Å²) in [7, 11) is 3.00. The molecule has 1 aromatic carbocycles. The molecule has 0 atom stereocenters.